The molecule has 1 N–H and O–H groups in total. The van der Waals surface area contributed by atoms with Crippen LogP contribution in [0.4, 0.5) is 5.69 Å². The molecule has 0 atom stereocenters. The number of anilines is 1. The second-order valence-electron chi connectivity index (χ2n) is 8.83. The molecule has 0 radical (unpaired) electrons. The van der Waals surface area contributed by atoms with Crippen LogP contribution in [0.5, 0.6) is 0 Å². The van der Waals surface area contributed by atoms with Crippen LogP contribution in [0.2, 0.25) is 0 Å². The van der Waals surface area contributed by atoms with Crippen LogP contribution in [-0.4, -0.2) is 80.1 Å². The number of amides is 2. The number of carbonyl (C=O) groups excluding carboxylic acids is 2. The topological polar surface area (TPSA) is 96.2 Å². The molecule has 9 nitrogen and oxygen atoms in total. The Bertz CT molecular complexity index is 1180. The lowest BCUT2D eigenvalue weighted by molar-refractivity contribution is -0.130. The molecule has 3 aromatic rings. The van der Waals surface area contributed by atoms with Gasteiger partial charge in [-0.15, -0.1) is 10.2 Å². The van der Waals surface area contributed by atoms with E-state index in [-0.39, 0.29) is 11.8 Å². The van der Waals surface area contributed by atoms with E-state index in [1.807, 2.05) is 69.0 Å². The lowest BCUT2D eigenvalue weighted by atomic mass is 10.1. The van der Waals surface area contributed by atoms with Gasteiger partial charge in [0.25, 0.3) is 0 Å². The highest BCUT2D eigenvalue weighted by Gasteiger charge is 2.23. The third-order valence-electron chi connectivity index (χ3n) is 6.03. The summed E-state index contributed by atoms with van der Waals surface area (Å²) >= 11 is 1.38. The van der Waals surface area contributed by atoms with Gasteiger partial charge in [-0.05, 0) is 57.0 Å². The molecule has 0 saturated carbocycles. The largest absolute Gasteiger partial charge is 0.339 e. The maximum atomic E-state index is 12.7. The molecule has 0 unspecified atom stereocenters. The van der Waals surface area contributed by atoms with Crippen molar-refractivity contribution < 1.29 is 9.59 Å². The molecule has 10 heteroatoms. The predicted octanol–water partition coefficient (Wildman–Crippen LogP) is 2.77. The van der Waals surface area contributed by atoms with Crippen molar-refractivity contribution >= 4 is 29.3 Å². The van der Waals surface area contributed by atoms with Gasteiger partial charge >= 0.3 is 0 Å². The van der Waals surface area contributed by atoms with Gasteiger partial charge in [-0.1, -0.05) is 30.0 Å². The molecule has 1 saturated heterocycles. The summed E-state index contributed by atoms with van der Waals surface area (Å²) in [6.07, 6.45) is 0. The zero-order valence-corrected chi connectivity index (χ0v) is 21.4. The predicted molar refractivity (Wildman–Crippen MR) is 137 cm³/mol. The molecule has 0 bridgehead atoms. The van der Waals surface area contributed by atoms with Crippen LogP contribution in [0.25, 0.3) is 5.82 Å². The Kier molecular flexibility index (Phi) is 7.82. The van der Waals surface area contributed by atoms with Crippen molar-refractivity contribution in [2.75, 3.05) is 43.8 Å². The number of hydrogen-bond donors (Lipinski definition) is 1. The summed E-state index contributed by atoms with van der Waals surface area (Å²) in [5, 5.41) is 16.6. The van der Waals surface area contributed by atoms with Crippen molar-refractivity contribution in [1.82, 2.24) is 29.8 Å². The Morgan fingerprint density at radius 2 is 1.69 bits per heavy atom. The number of nitrogens with one attached hydrogen (secondary N) is 1. The molecule has 4 rings (SSSR count). The van der Waals surface area contributed by atoms with Crippen LogP contribution in [0, 0.1) is 27.7 Å². The highest BCUT2D eigenvalue weighted by atomic mass is 32.2. The van der Waals surface area contributed by atoms with Gasteiger partial charge in [-0.25, -0.2) is 4.68 Å². The fourth-order valence-electron chi connectivity index (χ4n) is 4.14. The van der Waals surface area contributed by atoms with Gasteiger partial charge in [-0.3, -0.25) is 14.5 Å². The van der Waals surface area contributed by atoms with Gasteiger partial charge in [0.1, 0.15) is 5.03 Å². The van der Waals surface area contributed by atoms with E-state index in [9.17, 15) is 9.59 Å². The minimum atomic E-state index is -0.0276. The minimum absolute atomic E-state index is 0.0276. The SMILES string of the molecule is Cc1cc(C)n(-c2ccc(SCC(=O)N3CCN(CC(=O)Nc4c(C)cccc4C)CC3)nn2)n1. The first kappa shape index (κ1) is 24.9. The first-order valence-corrected chi connectivity index (χ1v) is 12.6. The molecule has 0 spiro atoms. The molecule has 3 heterocycles. The van der Waals surface area contributed by atoms with Crippen molar-refractivity contribution in [3.05, 3.63) is 58.9 Å². The lowest BCUT2D eigenvalue weighted by Crippen LogP contribution is -2.50. The second kappa shape index (κ2) is 11.0. The number of benzene rings is 1. The van der Waals surface area contributed by atoms with Gasteiger partial charge in [-0.2, -0.15) is 5.10 Å². The van der Waals surface area contributed by atoms with Crippen LogP contribution in [0.1, 0.15) is 22.5 Å². The van der Waals surface area contributed by atoms with Gasteiger partial charge in [0.05, 0.1) is 18.0 Å². The standard InChI is InChI=1S/C25H31N7O2S/c1-17-6-5-7-18(2)25(17)26-22(33)15-30-10-12-31(13-11-30)24(34)16-35-23-9-8-21(27-28-23)32-20(4)14-19(3)29-32/h5-9,14H,10-13,15-16H2,1-4H3,(H,26,33). The van der Waals surface area contributed by atoms with Gasteiger partial charge in [0.2, 0.25) is 11.8 Å². The van der Waals surface area contributed by atoms with Crippen molar-refractivity contribution in [3.63, 3.8) is 0 Å². The van der Waals surface area contributed by atoms with Crippen LogP contribution < -0.4 is 5.32 Å². The molecular weight excluding hydrogens is 462 g/mol. The van der Waals surface area contributed by atoms with E-state index < -0.39 is 0 Å². The zero-order valence-electron chi connectivity index (χ0n) is 20.6. The molecular formula is C25H31N7O2S. The van der Waals surface area contributed by atoms with Crippen molar-refractivity contribution in [2.24, 2.45) is 0 Å². The summed E-state index contributed by atoms with van der Waals surface area (Å²) in [5.74, 6) is 1.00. The lowest BCUT2D eigenvalue weighted by Gasteiger charge is -2.34. The molecule has 2 aromatic heterocycles. The molecule has 1 fully saturated rings. The summed E-state index contributed by atoms with van der Waals surface area (Å²) in [7, 11) is 0. The van der Waals surface area contributed by atoms with Crippen LogP contribution in [0.15, 0.2) is 41.4 Å². The smallest absolute Gasteiger partial charge is 0.238 e. The molecule has 0 aliphatic carbocycles. The van der Waals surface area contributed by atoms with Gasteiger partial charge in [0.15, 0.2) is 5.82 Å². The maximum Gasteiger partial charge on any atom is 0.238 e. The molecule has 1 aromatic carbocycles. The highest BCUT2D eigenvalue weighted by molar-refractivity contribution is 7.99. The first-order valence-electron chi connectivity index (χ1n) is 11.7. The molecule has 1 aliphatic rings. The number of carbonyl (C=O) groups is 2. The average molecular weight is 494 g/mol. The van der Waals surface area contributed by atoms with E-state index in [0.29, 0.717) is 49.3 Å². The molecule has 184 valence electrons. The van der Waals surface area contributed by atoms with Crippen molar-refractivity contribution in [3.8, 4) is 5.82 Å². The summed E-state index contributed by atoms with van der Waals surface area (Å²) in [6.45, 7) is 10.8. The Balaban J connectivity index is 1.21. The number of aryl methyl sites for hydroxylation is 4. The Morgan fingerprint density at radius 1 is 0.971 bits per heavy atom. The van der Waals surface area contributed by atoms with Crippen LogP contribution in [-0.2, 0) is 9.59 Å². The normalized spacial score (nSPS) is 14.2. The van der Waals surface area contributed by atoms with E-state index in [2.05, 4.69) is 25.5 Å². The second-order valence-corrected chi connectivity index (χ2v) is 9.82. The number of nitrogens with zero attached hydrogens (tertiary/aromatic N) is 6. The van der Waals surface area contributed by atoms with Gasteiger partial charge in [0, 0.05) is 37.6 Å². The molecule has 1 aliphatic heterocycles. The highest BCUT2D eigenvalue weighted by Crippen LogP contribution is 2.20. The Labute approximate surface area is 209 Å². The fourth-order valence-corrected chi connectivity index (χ4v) is 4.86. The molecule has 2 amide bonds. The van der Waals surface area contributed by atoms with E-state index in [1.54, 1.807) is 4.68 Å². The number of piperazine rings is 1. The zero-order chi connectivity index (χ0) is 24.9. The molecule has 35 heavy (non-hydrogen) atoms. The third kappa shape index (κ3) is 6.26. The number of aromatic nitrogens is 4. The van der Waals surface area contributed by atoms with Crippen LogP contribution >= 0.6 is 11.8 Å². The van der Waals surface area contributed by atoms with E-state index in [1.165, 1.54) is 11.8 Å². The number of rotatable bonds is 7. The number of thioether (sulfide) groups is 1. The number of para-hydroxylation sites is 1. The van der Waals surface area contributed by atoms with E-state index >= 15 is 0 Å². The van der Waals surface area contributed by atoms with E-state index in [0.717, 1.165) is 28.2 Å². The minimum Gasteiger partial charge on any atom is -0.339 e. The van der Waals surface area contributed by atoms with Crippen LogP contribution in [0.3, 0.4) is 0 Å². The quantitative estimate of drug-likeness (QED) is 0.506. The maximum absolute atomic E-state index is 12.7. The van der Waals surface area contributed by atoms with E-state index in [4.69, 9.17) is 0 Å². The Morgan fingerprint density at radius 3 is 2.29 bits per heavy atom. The number of hydrogen-bond acceptors (Lipinski definition) is 7. The average Bonchev–Trinajstić information content (AvgIpc) is 3.18. The third-order valence-corrected chi connectivity index (χ3v) is 6.94. The van der Waals surface area contributed by atoms with Crippen molar-refractivity contribution in [1.29, 1.82) is 0 Å². The monoisotopic (exact) mass is 493 g/mol. The van der Waals surface area contributed by atoms with Crippen molar-refractivity contribution in [2.45, 2.75) is 32.7 Å². The summed E-state index contributed by atoms with van der Waals surface area (Å²) < 4.78 is 1.75. The fraction of sp³-hybridized carbons (Fsp3) is 0.400. The van der Waals surface area contributed by atoms with Gasteiger partial charge < -0.3 is 10.2 Å². The summed E-state index contributed by atoms with van der Waals surface area (Å²) in [4.78, 5) is 29.2. The summed E-state index contributed by atoms with van der Waals surface area (Å²) in [6, 6.07) is 11.7. The Hall–Kier alpha value is -3.24. The summed E-state index contributed by atoms with van der Waals surface area (Å²) in [5.41, 5.74) is 4.91. The first-order chi connectivity index (χ1) is 16.8.